The Morgan fingerprint density at radius 2 is 1.79 bits per heavy atom. The summed E-state index contributed by atoms with van der Waals surface area (Å²) < 4.78 is 12.2. The van der Waals surface area contributed by atoms with Crippen LogP contribution in [0.25, 0.3) is 0 Å². The number of thiocarbonyl (C=S) groups is 1. The van der Waals surface area contributed by atoms with Crippen LogP contribution >= 0.6 is 47.0 Å². The molecule has 3 heterocycles. The molecule has 8 heteroatoms. The Bertz CT molecular complexity index is 1030. The smallest absolute Gasteiger partial charge is 0.213 e. The third kappa shape index (κ3) is 4.54. The van der Waals surface area contributed by atoms with Crippen molar-refractivity contribution >= 4 is 52.0 Å². The molecular weight excluding hydrogens is 499 g/mol. The zero-order valence-electron chi connectivity index (χ0n) is 18.4. The molecule has 0 spiro atoms. The van der Waals surface area contributed by atoms with Gasteiger partial charge in [-0.1, -0.05) is 65.2 Å². The highest BCUT2D eigenvalue weighted by atomic mass is 35.5. The summed E-state index contributed by atoms with van der Waals surface area (Å²) in [4.78, 5) is 3.37. The molecule has 2 aromatic carbocycles. The number of benzene rings is 2. The third-order valence-corrected chi connectivity index (χ3v) is 8.89. The van der Waals surface area contributed by atoms with Crippen LogP contribution in [-0.4, -0.2) is 48.8 Å². The average molecular weight is 526 g/mol. The summed E-state index contributed by atoms with van der Waals surface area (Å²) in [5, 5.41) is 5.27. The van der Waals surface area contributed by atoms with Gasteiger partial charge in [0.05, 0.1) is 34.8 Å². The van der Waals surface area contributed by atoms with E-state index >= 15 is 0 Å². The van der Waals surface area contributed by atoms with Gasteiger partial charge in [0.1, 0.15) is 0 Å². The second-order valence-electron chi connectivity index (χ2n) is 9.18. The van der Waals surface area contributed by atoms with Gasteiger partial charge < -0.3 is 14.8 Å². The quantitative estimate of drug-likeness (QED) is 0.482. The molecule has 0 saturated carbocycles. The molecule has 3 aliphatic rings. The molecule has 0 amide bonds. The fourth-order valence-electron chi connectivity index (χ4n) is 5.76. The van der Waals surface area contributed by atoms with Gasteiger partial charge in [-0.25, -0.2) is 0 Å². The number of halogens is 3. The fourth-order valence-corrected chi connectivity index (χ4v) is 6.57. The van der Waals surface area contributed by atoms with Crippen molar-refractivity contribution in [1.29, 1.82) is 0 Å². The second-order valence-corrected chi connectivity index (χ2v) is 10.9. The molecule has 1 N–H and O–H groups in total. The zero-order chi connectivity index (χ0) is 23.2. The van der Waals surface area contributed by atoms with E-state index in [0.717, 1.165) is 28.4 Å². The fraction of sp³-hybridized carbons (Fsp3) is 0.480. The highest BCUT2D eigenvalue weighted by Gasteiger charge is 2.48. The van der Waals surface area contributed by atoms with Crippen molar-refractivity contribution in [2.24, 2.45) is 5.92 Å². The third-order valence-electron chi connectivity index (χ3n) is 7.48. The molecule has 4 nitrogen and oxygen atoms in total. The molecule has 3 fully saturated rings. The Hall–Kier alpha value is -0.920. The first-order chi connectivity index (χ1) is 15.9. The molecule has 0 aliphatic carbocycles. The summed E-state index contributed by atoms with van der Waals surface area (Å²) in [6, 6.07) is 14.7. The molecular formula is C25H27Cl3N2O2S. The van der Waals surface area contributed by atoms with Crippen LogP contribution < -0.4 is 5.32 Å². The maximum atomic E-state index is 6.29. The summed E-state index contributed by atoms with van der Waals surface area (Å²) in [5.74, 6) is -0.383. The minimum Gasteiger partial charge on any atom is -0.374 e. The highest BCUT2D eigenvalue weighted by molar-refractivity contribution is 7.80. The molecule has 2 aromatic rings. The lowest BCUT2D eigenvalue weighted by atomic mass is 9.76. The molecule has 0 aromatic heterocycles. The van der Waals surface area contributed by atoms with Crippen LogP contribution in [0.1, 0.15) is 36.3 Å². The highest BCUT2D eigenvalue weighted by Crippen LogP contribution is 2.47. The second kappa shape index (κ2) is 9.62. The number of fused-ring (bicyclic) bond motifs is 2. The molecule has 176 valence electrons. The van der Waals surface area contributed by atoms with Crippen LogP contribution in [-0.2, 0) is 15.3 Å². The van der Waals surface area contributed by atoms with Crippen LogP contribution in [0.4, 0.5) is 0 Å². The van der Waals surface area contributed by atoms with Gasteiger partial charge in [0.25, 0.3) is 0 Å². The van der Waals surface area contributed by atoms with Crippen molar-refractivity contribution < 1.29 is 9.47 Å². The first-order valence-corrected chi connectivity index (χ1v) is 12.9. The number of hydrogen-bond donors (Lipinski definition) is 1. The van der Waals surface area contributed by atoms with Gasteiger partial charge in [0.2, 0.25) is 5.79 Å². The van der Waals surface area contributed by atoms with Gasteiger partial charge in [0, 0.05) is 28.6 Å². The Morgan fingerprint density at radius 3 is 2.48 bits per heavy atom. The van der Waals surface area contributed by atoms with E-state index in [-0.39, 0.29) is 5.92 Å². The van der Waals surface area contributed by atoms with Crippen LogP contribution in [0.5, 0.6) is 0 Å². The van der Waals surface area contributed by atoms with Crippen molar-refractivity contribution in [1.82, 2.24) is 10.2 Å². The van der Waals surface area contributed by atoms with Crippen LogP contribution in [0.2, 0.25) is 15.1 Å². The van der Waals surface area contributed by atoms with E-state index in [0.29, 0.717) is 47.8 Å². The van der Waals surface area contributed by atoms with Gasteiger partial charge in [0.15, 0.2) is 0 Å². The number of nitrogens with zero attached hydrogens (tertiary/aromatic N) is 1. The van der Waals surface area contributed by atoms with Gasteiger partial charge in [-0.3, -0.25) is 4.90 Å². The van der Waals surface area contributed by atoms with Crippen LogP contribution in [0, 0.1) is 5.92 Å². The predicted molar refractivity (Wildman–Crippen MR) is 138 cm³/mol. The monoisotopic (exact) mass is 524 g/mol. The average Bonchev–Trinajstić information content (AvgIpc) is 3.37. The minimum atomic E-state index is -0.938. The van der Waals surface area contributed by atoms with E-state index in [4.69, 9.17) is 56.5 Å². The van der Waals surface area contributed by atoms with Gasteiger partial charge in [-0.15, -0.1) is 0 Å². The van der Waals surface area contributed by atoms with E-state index in [2.05, 4.69) is 29.4 Å². The number of rotatable bonds is 5. The van der Waals surface area contributed by atoms with Crippen LogP contribution in [0.3, 0.4) is 0 Å². The van der Waals surface area contributed by atoms with Crippen molar-refractivity contribution in [3.05, 3.63) is 68.7 Å². The van der Waals surface area contributed by atoms with E-state index < -0.39 is 5.79 Å². The summed E-state index contributed by atoms with van der Waals surface area (Å²) in [5.41, 5.74) is 2.13. The Labute approximate surface area is 215 Å². The molecule has 3 aliphatic heterocycles. The van der Waals surface area contributed by atoms with Crippen molar-refractivity contribution in [2.75, 3.05) is 26.8 Å². The standard InChI is InChI=1S/C25H27Cl3N2O2S/c1-30-18-7-9-22(30)23(19(13-18)15-2-5-17(26)6-3-15)24(33)29-14-25(31-10-11-32-25)16-4-8-20(27)21(28)12-16/h2-6,8,12,18-19,22-23H,7,9-11,13-14H2,1H3,(H,29,33)/t18-,19+,22+,23-/m0/s1. The first kappa shape index (κ1) is 23.8. The summed E-state index contributed by atoms with van der Waals surface area (Å²) in [7, 11) is 2.23. The van der Waals surface area contributed by atoms with Crippen molar-refractivity contribution in [3.63, 3.8) is 0 Å². The number of ether oxygens (including phenoxy) is 2. The zero-order valence-corrected chi connectivity index (χ0v) is 21.5. The number of piperidine rings is 1. The summed E-state index contributed by atoms with van der Waals surface area (Å²) >= 11 is 24.6. The van der Waals surface area contributed by atoms with E-state index in [1.807, 2.05) is 24.3 Å². The first-order valence-electron chi connectivity index (χ1n) is 11.4. The largest absolute Gasteiger partial charge is 0.374 e. The normalized spacial score (nSPS) is 28.7. The minimum absolute atomic E-state index is 0.206. The van der Waals surface area contributed by atoms with E-state index in [9.17, 15) is 0 Å². The van der Waals surface area contributed by atoms with E-state index in [1.165, 1.54) is 12.0 Å². The topological polar surface area (TPSA) is 33.7 Å². The van der Waals surface area contributed by atoms with Crippen molar-refractivity contribution in [2.45, 2.75) is 43.1 Å². The summed E-state index contributed by atoms with van der Waals surface area (Å²) in [6.07, 6.45) is 3.46. The molecule has 33 heavy (non-hydrogen) atoms. The van der Waals surface area contributed by atoms with Gasteiger partial charge >= 0.3 is 0 Å². The Kier molecular flexibility index (Phi) is 6.94. The Morgan fingerprint density at radius 1 is 1.06 bits per heavy atom. The van der Waals surface area contributed by atoms with Gasteiger partial charge in [-0.05, 0) is 62.1 Å². The molecule has 4 atom stereocenters. The lowest BCUT2D eigenvalue weighted by Crippen LogP contribution is -2.52. The van der Waals surface area contributed by atoms with Crippen LogP contribution in [0.15, 0.2) is 42.5 Å². The number of nitrogens with one attached hydrogen (secondary N) is 1. The Balaban J connectivity index is 1.39. The van der Waals surface area contributed by atoms with E-state index in [1.54, 1.807) is 6.07 Å². The SMILES string of the molecule is CN1[C@H]2CC[C@@H]1[C@@H](C(=S)NCC1(c3ccc(Cl)c(Cl)c3)OCCO1)[C@@H](c1ccc(Cl)cc1)C2. The molecule has 2 bridgehead atoms. The van der Waals surface area contributed by atoms with Gasteiger partial charge in [-0.2, -0.15) is 0 Å². The molecule has 0 radical (unpaired) electrons. The number of hydrogen-bond acceptors (Lipinski definition) is 4. The summed E-state index contributed by atoms with van der Waals surface area (Å²) in [6.45, 7) is 1.44. The van der Waals surface area contributed by atoms with Crippen molar-refractivity contribution in [3.8, 4) is 0 Å². The maximum absolute atomic E-state index is 6.29. The molecule has 3 saturated heterocycles. The molecule has 5 rings (SSSR count). The lowest BCUT2D eigenvalue weighted by molar-refractivity contribution is -0.159. The predicted octanol–water partition coefficient (Wildman–Crippen LogP) is 6.03. The lowest BCUT2D eigenvalue weighted by Gasteiger charge is -2.44. The maximum Gasteiger partial charge on any atom is 0.213 e. The molecule has 0 unspecified atom stereocenters.